The van der Waals surface area contributed by atoms with Crippen LogP contribution >= 0.6 is 0 Å². The zero-order valence-electron chi connectivity index (χ0n) is 14.1. The molecule has 2 aliphatic heterocycles. The summed E-state index contributed by atoms with van der Waals surface area (Å²) < 4.78 is 45.7. The third-order valence-corrected chi connectivity index (χ3v) is 5.13. The molecular weight excluding hydrogens is 349 g/mol. The third-order valence-electron chi connectivity index (χ3n) is 5.13. The van der Waals surface area contributed by atoms with Crippen LogP contribution in [0.25, 0.3) is 5.65 Å². The molecule has 2 unspecified atom stereocenters. The highest BCUT2D eigenvalue weighted by Crippen LogP contribution is 2.32. The largest absolute Gasteiger partial charge is 0.417 e. The summed E-state index contributed by atoms with van der Waals surface area (Å²) in [7, 11) is 0. The van der Waals surface area contributed by atoms with E-state index < -0.39 is 11.7 Å². The Hall–Kier alpha value is -2.16. The van der Waals surface area contributed by atoms with Gasteiger partial charge in [-0.1, -0.05) is 0 Å². The molecule has 2 saturated heterocycles. The fraction of sp³-hybridized carbons (Fsp3) is 0.588. The predicted octanol–water partition coefficient (Wildman–Crippen LogP) is 2.49. The highest BCUT2D eigenvalue weighted by molar-refractivity contribution is 5.79. The van der Waals surface area contributed by atoms with Gasteiger partial charge in [-0.15, -0.1) is 10.2 Å². The summed E-state index contributed by atoms with van der Waals surface area (Å²) in [5.74, 6) is 0.303. The lowest BCUT2D eigenvalue weighted by Crippen LogP contribution is -2.42. The zero-order chi connectivity index (χ0) is 18.3. The maximum atomic E-state index is 13.0. The first-order chi connectivity index (χ1) is 12.4. The van der Waals surface area contributed by atoms with Gasteiger partial charge in [0.25, 0.3) is 0 Å². The number of hydrogen-bond acceptors (Lipinski definition) is 4. The van der Waals surface area contributed by atoms with E-state index in [0.717, 1.165) is 31.5 Å². The Morgan fingerprint density at radius 1 is 1.23 bits per heavy atom. The van der Waals surface area contributed by atoms with Gasteiger partial charge in [0.2, 0.25) is 5.91 Å². The van der Waals surface area contributed by atoms with Crippen LogP contribution in [0.4, 0.5) is 13.2 Å². The highest BCUT2D eigenvalue weighted by atomic mass is 19.4. The number of aromatic nitrogens is 3. The highest BCUT2D eigenvalue weighted by Gasteiger charge is 2.34. The molecule has 2 atom stereocenters. The summed E-state index contributed by atoms with van der Waals surface area (Å²) in [5, 5.41) is 8.10. The Morgan fingerprint density at radius 3 is 2.81 bits per heavy atom. The van der Waals surface area contributed by atoms with Gasteiger partial charge in [-0.2, -0.15) is 13.2 Å². The number of halogens is 3. The lowest BCUT2D eigenvalue weighted by atomic mass is 9.95. The van der Waals surface area contributed by atoms with Gasteiger partial charge in [-0.25, -0.2) is 0 Å². The van der Waals surface area contributed by atoms with E-state index in [1.807, 2.05) is 0 Å². The number of hydrogen-bond donors (Lipinski definition) is 0. The number of carbonyl (C=O) groups is 1. The Morgan fingerprint density at radius 2 is 2.08 bits per heavy atom. The molecule has 6 nitrogen and oxygen atoms in total. The second-order valence-electron chi connectivity index (χ2n) is 6.89. The van der Waals surface area contributed by atoms with Crippen LogP contribution in [0.2, 0.25) is 0 Å². The lowest BCUT2D eigenvalue weighted by Gasteiger charge is -2.33. The van der Waals surface area contributed by atoms with E-state index in [-0.39, 0.29) is 17.7 Å². The molecule has 0 spiro atoms. The standard InChI is InChI=1S/C17H19F3N4O2/c18-17(19,20)13-3-4-14-21-22-15(24(14)9-13)11-2-1-6-23(8-11)16(25)12-5-7-26-10-12/h3-4,9,11-12H,1-2,5-8,10H2. The minimum Gasteiger partial charge on any atom is -0.381 e. The van der Waals surface area contributed by atoms with Gasteiger partial charge in [-0.3, -0.25) is 9.20 Å². The monoisotopic (exact) mass is 368 g/mol. The number of pyridine rings is 1. The van der Waals surface area contributed by atoms with Crippen molar-refractivity contribution >= 4 is 11.6 Å². The van der Waals surface area contributed by atoms with Crippen LogP contribution in [0.3, 0.4) is 0 Å². The van der Waals surface area contributed by atoms with Crippen LogP contribution in [-0.2, 0) is 15.7 Å². The molecular formula is C17H19F3N4O2. The maximum Gasteiger partial charge on any atom is 0.417 e. The summed E-state index contributed by atoms with van der Waals surface area (Å²) in [5.41, 5.74) is -0.362. The van der Waals surface area contributed by atoms with Crippen molar-refractivity contribution < 1.29 is 22.7 Å². The van der Waals surface area contributed by atoms with Crippen molar-refractivity contribution in [1.82, 2.24) is 19.5 Å². The number of amides is 1. The predicted molar refractivity (Wildman–Crippen MR) is 85.5 cm³/mol. The lowest BCUT2D eigenvalue weighted by molar-refractivity contribution is -0.138. The zero-order valence-corrected chi connectivity index (χ0v) is 14.1. The molecule has 4 heterocycles. The maximum absolute atomic E-state index is 13.0. The molecule has 2 fully saturated rings. The average molecular weight is 368 g/mol. The van der Waals surface area contributed by atoms with Crippen molar-refractivity contribution in [3.05, 3.63) is 29.7 Å². The summed E-state index contributed by atoms with van der Waals surface area (Å²) in [6, 6.07) is 2.32. The molecule has 0 aliphatic carbocycles. The fourth-order valence-corrected chi connectivity index (χ4v) is 3.73. The number of fused-ring (bicyclic) bond motifs is 1. The molecule has 1 amide bonds. The van der Waals surface area contributed by atoms with Crippen molar-refractivity contribution in [2.24, 2.45) is 5.92 Å². The summed E-state index contributed by atoms with van der Waals surface area (Å²) >= 11 is 0. The van der Waals surface area contributed by atoms with Gasteiger partial charge >= 0.3 is 6.18 Å². The average Bonchev–Trinajstić information content (AvgIpc) is 3.29. The smallest absolute Gasteiger partial charge is 0.381 e. The minimum absolute atomic E-state index is 0.0667. The SMILES string of the molecule is O=C(C1CCOC1)N1CCCC(c2nnc3ccc(C(F)(F)F)cn23)C1. The van der Waals surface area contributed by atoms with E-state index in [2.05, 4.69) is 10.2 Å². The van der Waals surface area contributed by atoms with Crippen LogP contribution < -0.4 is 0 Å². The Labute approximate surface area is 147 Å². The normalized spacial score (nSPS) is 24.3. The van der Waals surface area contributed by atoms with E-state index >= 15 is 0 Å². The Kier molecular flexibility index (Phi) is 4.34. The summed E-state index contributed by atoms with van der Waals surface area (Å²) in [4.78, 5) is 14.4. The first-order valence-corrected chi connectivity index (χ1v) is 8.72. The molecule has 2 aromatic heterocycles. The van der Waals surface area contributed by atoms with E-state index in [1.54, 1.807) is 4.90 Å². The molecule has 2 aliphatic rings. The minimum atomic E-state index is -4.42. The van der Waals surface area contributed by atoms with Crippen LogP contribution in [-0.4, -0.2) is 51.7 Å². The van der Waals surface area contributed by atoms with Gasteiger partial charge in [0.1, 0.15) is 5.82 Å². The Bertz CT molecular complexity index is 814. The van der Waals surface area contributed by atoms with E-state index in [1.165, 1.54) is 10.5 Å². The van der Waals surface area contributed by atoms with Crippen LogP contribution in [0, 0.1) is 5.92 Å². The van der Waals surface area contributed by atoms with Gasteiger partial charge in [0.05, 0.1) is 18.1 Å². The van der Waals surface area contributed by atoms with Crippen molar-refractivity contribution in [2.75, 3.05) is 26.3 Å². The topological polar surface area (TPSA) is 59.7 Å². The van der Waals surface area contributed by atoms with Crippen LogP contribution in [0.5, 0.6) is 0 Å². The molecule has 0 saturated carbocycles. The summed E-state index contributed by atoms with van der Waals surface area (Å²) in [6.45, 7) is 2.16. The summed E-state index contributed by atoms with van der Waals surface area (Å²) in [6.07, 6.45) is -1.11. The molecule has 9 heteroatoms. The molecule has 140 valence electrons. The van der Waals surface area contributed by atoms with Gasteiger partial charge in [0, 0.05) is 31.8 Å². The molecule has 0 radical (unpaired) electrons. The van der Waals surface area contributed by atoms with E-state index in [0.29, 0.717) is 37.8 Å². The number of rotatable bonds is 2. The van der Waals surface area contributed by atoms with Gasteiger partial charge in [-0.05, 0) is 31.4 Å². The van der Waals surface area contributed by atoms with Crippen molar-refractivity contribution in [3.8, 4) is 0 Å². The van der Waals surface area contributed by atoms with Gasteiger partial charge in [0.15, 0.2) is 5.65 Å². The number of ether oxygens (including phenoxy) is 1. The van der Waals surface area contributed by atoms with Crippen LogP contribution in [0.1, 0.15) is 36.6 Å². The van der Waals surface area contributed by atoms with Crippen molar-refractivity contribution in [2.45, 2.75) is 31.4 Å². The first-order valence-electron chi connectivity index (χ1n) is 8.72. The van der Waals surface area contributed by atoms with Crippen molar-refractivity contribution in [3.63, 3.8) is 0 Å². The molecule has 2 aromatic rings. The van der Waals surface area contributed by atoms with E-state index in [4.69, 9.17) is 4.74 Å². The number of alkyl halides is 3. The van der Waals surface area contributed by atoms with Gasteiger partial charge < -0.3 is 9.64 Å². The van der Waals surface area contributed by atoms with Crippen LogP contribution in [0.15, 0.2) is 18.3 Å². The molecule has 0 aromatic carbocycles. The number of likely N-dealkylation sites (tertiary alicyclic amines) is 1. The second-order valence-corrected chi connectivity index (χ2v) is 6.89. The molecule has 4 rings (SSSR count). The number of piperidine rings is 1. The number of nitrogens with zero attached hydrogens (tertiary/aromatic N) is 4. The first kappa shape index (κ1) is 17.3. The Balaban J connectivity index is 1.59. The fourth-order valence-electron chi connectivity index (χ4n) is 3.73. The molecule has 0 bridgehead atoms. The molecule has 26 heavy (non-hydrogen) atoms. The van der Waals surface area contributed by atoms with E-state index in [9.17, 15) is 18.0 Å². The second kappa shape index (κ2) is 6.53. The molecule has 0 N–H and O–H groups in total. The van der Waals surface area contributed by atoms with Crippen molar-refractivity contribution in [1.29, 1.82) is 0 Å². The number of carbonyl (C=O) groups excluding carboxylic acids is 1. The quantitative estimate of drug-likeness (QED) is 0.817. The third kappa shape index (κ3) is 3.15.